The van der Waals surface area contributed by atoms with Gasteiger partial charge in [0.15, 0.2) is 11.6 Å². The third-order valence-corrected chi connectivity index (χ3v) is 4.27. The summed E-state index contributed by atoms with van der Waals surface area (Å²) in [4.78, 5) is 0. The Hall–Kier alpha value is -0.200. The van der Waals surface area contributed by atoms with E-state index in [0.717, 1.165) is 12.8 Å². The van der Waals surface area contributed by atoms with Gasteiger partial charge in [0.2, 0.25) is 0 Å². The highest BCUT2D eigenvalue weighted by Crippen LogP contribution is 2.32. The number of hydrogen-bond donors (Lipinski definition) is 2. The predicted octanol–water partition coefficient (Wildman–Crippen LogP) is 3.22. The van der Waals surface area contributed by atoms with Crippen molar-refractivity contribution >= 4 is 0 Å². The fourth-order valence-corrected chi connectivity index (χ4v) is 2.40. The summed E-state index contributed by atoms with van der Waals surface area (Å²) in [5.41, 5.74) is 0. The van der Waals surface area contributed by atoms with Crippen molar-refractivity contribution < 1.29 is 24.4 Å². The van der Waals surface area contributed by atoms with Gasteiger partial charge in [-0.15, -0.1) is 0 Å². The van der Waals surface area contributed by atoms with Crippen LogP contribution < -0.4 is 0 Å². The zero-order valence-electron chi connectivity index (χ0n) is 15.2. The molecule has 5 heteroatoms. The molecule has 0 bridgehead atoms. The fourth-order valence-electron chi connectivity index (χ4n) is 2.40. The molecule has 0 aliphatic carbocycles. The van der Waals surface area contributed by atoms with Crippen molar-refractivity contribution in [2.24, 2.45) is 0 Å². The molecule has 5 nitrogen and oxygen atoms in total. The van der Waals surface area contributed by atoms with E-state index in [1.807, 2.05) is 41.5 Å². The molecule has 1 aliphatic heterocycles. The van der Waals surface area contributed by atoms with Crippen LogP contribution in [0.3, 0.4) is 0 Å². The van der Waals surface area contributed by atoms with Crippen molar-refractivity contribution in [2.75, 3.05) is 13.2 Å². The van der Waals surface area contributed by atoms with Crippen LogP contribution in [0.25, 0.3) is 0 Å². The Morgan fingerprint density at radius 2 is 1.73 bits per heavy atom. The number of rotatable bonds is 9. The molecule has 0 saturated carbocycles. The van der Waals surface area contributed by atoms with Gasteiger partial charge in [-0.3, -0.25) is 0 Å². The number of aliphatic hydroxyl groups excluding tert-OH is 1. The largest absolute Gasteiger partial charge is 0.390 e. The lowest BCUT2D eigenvalue weighted by molar-refractivity contribution is -0.213. The van der Waals surface area contributed by atoms with E-state index in [4.69, 9.17) is 14.2 Å². The lowest BCUT2D eigenvalue weighted by Gasteiger charge is -2.28. The van der Waals surface area contributed by atoms with Gasteiger partial charge in [0, 0.05) is 0 Å². The molecule has 1 saturated heterocycles. The van der Waals surface area contributed by atoms with Gasteiger partial charge in [-0.1, -0.05) is 41.5 Å². The fraction of sp³-hybridized carbons (Fsp3) is 1.00. The SMILES string of the molecule is CC.CCC(O)(CC)OCCC(O)[C@@H]1COC(CC)(CC)O1. The first-order chi connectivity index (χ1) is 10.4. The first-order valence-electron chi connectivity index (χ1n) is 8.80. The molecule has 0 aromatic heterocycles. The highest BCUT2D eigenvalue weighted by molar-refractivity contribution is 4.81. The Morgan fingerprint density at radius 3 is 2.14 bits per heavy atom. The molecular weight excluding hydrogens is 284 g/mol. The first kappa shape index (κ1) is 21.8. The smallest absolute Gasteiger partial charge is 0.168 e. The summed E-state index contributed by atoms with van der Waals surface area (Å²) in [5.74, 6) is -1.62. The van der Waals surface area contributed by atoms with Crippen LogP contribution in [-0.2, 0) is 14.2 Å². The van der Waals surface area contributed by atoms with Gasteiger partial charge in [-0.2, -0.15) is 0 Å². The summed E-state index contributed by atoms with van der Waals surface area (Å²) < 4.78 is 17.0. The molecule has 1 aliphatic rings. The summed E-state index contributed by atoms with van der Waals surface area (Å²) in [5, 5.41) is 20.2. The molecule has 0 amide bonds. The van der Waals surface area contributed by atoms with Crippen molar-refractivity contribution in [1.29, 1.82) is 0 Å². The topological polar surface area (TPSA) is 68.2 Å². The van der Waals surface area contributed by atoms with Crippen LogP contribution in [0.1, 0.15) is 73.6 Å². The molecule has 0 aromatic carbocycles. The minimum absolute atomic E-state index is 0.310. The third kappa shape index (κ3) is 6.13. The summed E-state index contributed by atoms with van der Waals surface area (Å²) in [6.45, 7) is 12.5. The van der Waals surface area contributed by atoms with Crippen molar-refractivity contribution in [1.82, 2.24) is 0 Å². The zero-order valence-corrected chi connectivity index (χ0v) is 15.2. The van der Waals surface area contributed by atoms with Crippen LogP contribution >= 0.6 is 0 Å². The van der Waals surface area contributed by atoms with Crippen molar-refractivity contribution in [3.05, 3.63) is 0 Å². The minimum atomic E-state index is -1.08. The van der Waals surface area contributed by atoms with Gasteiger partial charge in [0.1, 0.15) is 6.10 Å². The van der Waals surface area contributed by atoms with Gasteiger partial charge < -0.3 is 24.4 Å². The molecule has 2 atom stereocenters. The first-order valence-corrected chi connectivity index (χ1v) is 8.80. The van der Waals surface area contributed by atoms with E-state index in [0.29, 0.717) is 32.5 Å². The monoisotopic (exact) mass is 320 g/mol. The second-order valence-corrected chi connectivity index (χ2v) is 5.44. The minimum Gasteiger partial charge on any atom is -0.390 e. The Bertz CT molecular complexity index is 274. The molecule has 1 unspecified atom stereocenters. The van der Waals surface area contributed by atoms with E-state index in [1.165, 1.54) is 0 Å². The van der Waals surface area contributed by atoms with Crippen molar-refractivity contribution in [3.8, 4) is 0 Å². The summed E-state index contributed by atoms with van der Waals surface area (Å²) >= 11 is 0. The van der Waals surface area contributed by atoms with E-state index in [1.54, 1.807) is 0 Å². The Kier molecular flexibility index (Phi) is 10.5. The van der Waals surface area contributed by atoms with Crippen LogP contribution in [0, 0.1) is 0 Å². The van der Waals surface area contributed by atoms with Crippen LogP contribution in [0.5, 0.6) is 0 Å². The number of ether oxygens (including phenoxy) is 3. The highest BCUT2D eigenvalue weighted by atomic mass is 16.7. The average Bonchev–Trinajstić information content (AvgIpc) is 3.01. The molecule has 0 radical (unpaired) electrons. The summed E-state index contributed by atoms with van der Waals surface area (Å²) in [6, 6.07) is 0. The highest BCUT2D eigenvalue weighted by Gasteiger charge is 2.41. The third-order valence-electron chi connectivity index (χ3n) is 4.27. The summed E-state index contributed by atoms with van der Waals surface area (Å²) in [6.07, 6.45) is 2.11. The lowest BCUT2D eigenvalue weighted by atomic mass is 10.1. The molecular formula is C17H36O5. The van der Waals surface area contributed by atoms with Crippen LogP contribution in [0.4, 0.5) is 0 Å². The van der Waals surface area contributed by atoms with E-state index in [-0.39, 0.29) is 6.10 Å². The van der Waals surface area contributed by atoms with E-state index in [2.05, 4.69) is 0 Å². The predicted molar refractivity (Wildman–Crippen MR) is 87.6 cm³/mol. The van der Waals surface area contributed by atoms with E-state index in [9.17, 15) is 10.2 Å². The second-order valence-electron chi connectivity index (χ2n) is 5.44. The van der Waals surface area contributed by atoms with Gasteiger partial charge in [0.05, 0.1) is 19.3 Å². The van der Waals surface area contributed by atoms with E-state index >= 15 is 0 Å². The van der Waals surface area contributed by atoms with Gasteiger partial charge in [0.25, 0.3) is 0 Å². The molecule has 1 rings (SSSR count). The second kappa shape index (κ2) is 10.6. The van der Waals surface area contributed by atoms with Crippen molar-refractivity contribution in [2.45, 2.75) is 97.4 Å². The maximum absolute atomic E-state index is 10.1. The van der Waals surface area contributed by atoms with Crippen LogP contribution in [0.15, 0.2) is 0 Å². The quantitative estimate of drug-likeness (QED) is 0.638. The average molecular weight is 320 g/mol. The van der Waals surface area contributed by atoms with Crippen LogP contribution in [-0.4, -0.2) is 47.2 Å². The molecule has 0 aromatic rings. The normalized spacial score (nSPS) is 22.1. The van der Waals surface area contributed by atoms with Crippen molar-refractivity contribution in [3.63, 3.8) is 0 Å². The molecule has 0 spiro atoms. The summed E-state index contributed by atoms with van der Waals surface area (Å²) in [7, 11) is 0. The molecule has 22 heavy (non-hydrogen) atoms. The Morgan fingerprint density at radius 1 is 1.18 bits per heavy atom. The lowest BCUT2D eigenvalue weighted by Crippen LogP contribution is -2.36. The Labute approximate surface area is 136 Å². The maximum Gasteiger partial charge on any atom is 0.168 e. The maximum atomic E-state index is 10.1. The molecule has 1 fully saturated rings. The molecule has 134 valence electrons. The van der Waals surface area contributed by atoms with Crippen LogP contribution in [0.2, 0.25) is 0 Å². The molecule has 2 N–H and O–H groups in total. The number of hydrogen-bond acceptors (Lipinski definition) is 5. The standard InChI is InChI=1S/C15H30O5.C2H6/c1-5-14(17,6-2)18-10-9-12(16)13-11-19-15(7-3,8-4)20-13;1-2/h12-13,16-17H,5-11H2,1-4H3;1-2H3/t12?,13-;/m0./s1. The molecule has 1 heterocycles. The van der Waals surface area contributed by atoms with Gasteiger partial charge >= 0.3 is 0 Å². The number of aliphatic hydroxyl groups is 2. The van der Waals surface area contributed by atoms with Gasteiger partial charge in [-0.25, -0.2) is 0 Å². The van der Waals surface area contributed by atoms with E-state index < -0.39 is 17.7 Å². The Balaban J connectivity index is 0.00000211. The zero-order chi connectivity index (χ0) is 17.2. The van der Waals surface area contributed by atoms with Gasteiger partial charge in [-0.05, 0) is 32.1 Å².